The molecule has 4 nitrogen and oxygen atoms in total. The Morgan fingerprint density at radius 2 is 1.86 bits per heavy atom. The zero-order valence-electron chi connectivity index (χ0n) is 13.2. The Balaban J connectivity index is 1.42. The van der Waals surface area contributed by atoms with Gasteiger partial charge in [0, 0.05) is 39.3 Å². The van der Waals surface area contributed by atoms with Crippen LogP contribution < -0.4 is 0 Å². The molecule has 0 N–H and O–H groups in total. The lowest BCUT2D eigenvalue weighted by Gasteiger charge is -2.35. The van der Waals surface area contributed by atoms with Crippen LogP contribution in [0.4, 0.5) is 0 Å². The van der Waals surface area contributed by atoms with Crippen molar-refractivity contribution in [2.75, 3.05) is 32.8 Å². The van der Waals surface area contributed by atoms with Crippen molar-refractivity contribution in [1.29, 1.82) is 0 Å². The van der Waals surface area contributed by atoms with Crippen molar-refractivity contribution in [2.24, 2.45) is 0 Å². The summed E-state index contributed by atoms with van der Waals surface area (Å²) in [6, 6.07) is 10.5. The maximum Gasteiger partial charge on any atom is 0.225 e. The van der Waals surface area contributed by atoms with Crippen molar-refractivity contribution in [1.82, 2.24) is 9.80 Å². The number of benzene rings is 1. The first-order valence-corrected chi connectivity index (χ1v) is 8.47. The molecule has 2 saturated heterocycles. The van der Waals surface area contributed by atoms with Gasteiger partial charge in [-0.15, -0.1) is 0 Å². The van der Waals surface area contributed by atoms with Crippen molar-refractivity contribution in [2.45, 2.75) is 38.3 Å². The van der Waals surface area contributed by atoms with Crippen LogP contribution in [0.5, 0.6) is 0 Å². The topological polar surface area (TPSA) is 32.8 Å². The first kappa shape index (κ1) is 15.5. The average molecular weight is 302 g/mol. The summed E-state index contributed by atoms with van der Waals surface area (Å²) >= 11 is 0. The van der Waals surface area contributed by atoms with Gasteiger partial charge in [0.2, 0.25) is 5.91 Å². The monoisotopic (exact) mass is 302 g/mol. The Bertz CT molecular complexity index is 463. The largest absolute Gasteiger partial charge is 0.378 e. The van der Waals surface area contributed by atoms with E-state index < -0.39 is 0 Å². The van der Waals surface area contributed by atoms with Gasteiger partial charge in [0.25, 0.3) is 0 Å². The minimum atomic E-state index is 0.156. The van der Waals surface area contributed by atoms with E-state index in [2.05, 4.69) is 29.2 Å². The molecule has 0 aromatic heterocycles. The van der Waals surface area contributed by atoms with Crippen LogP contribution >= 0.6 is 0 Å². The third-order valence-electron chi connectivity index (χ3n) is 4.65. The maximum absolute atomic E-state index is 12.4. The molecule has 1 atom stereocenters. The zero-order valence-corrected chi connectivity index (χ0v) is 13.2. The Morgan fingerprint density at radius 3 is 2.55 bits per heavy atom. The van der Waals surface area contributed by atoms with Crippen molar-refractivity contribution in [3.8, 4) is 0 Å². The van der Waals surface area contributed by atoms with Crippen LogP contribution in [-0.2, 0) is 16.1 Å². The molecule has 0 bridgehead atoms. The van der Waals surface area contributed by atoms with Gasteiger partial charge >= 0.3 is 0 Å². The molecule has 2 heterocycles. The fourth-order valence-electron chi connectivity index (χ4n) is 3.29. The van der Waals surface area contributed by atoms with Gasteiger partial charge in [-0.2, -0.15) is 0 Å². The van der Waals surface area contributed by atoms with E-state index in [0.29, 0.717) is 6.42 Å². The maximum atomic E-state index is 12.4. The predicted molar refractivity (Wildman–Crippen MR) is 86.5 cm³/mol. The Hall–Kier alpha value is -1.39. The van der Waals surface area contributed by atoms with Gasteiger partial charge in [0.05, 0.1) is 12.5 Å². The highest BCUT2D eigenvalue weighted by atomic mass is 16.5. The molecule has 0 spiro atoms. The number of amides is 1. The second-order valence-electron chi connectivity index (χ2n) is 6.34. The number of piperazine rings is 1. The fourth-order valence-corrected chi connectivity index (χ4v) is 3.29. The van der Waals surface area contributed by atoms with Crippen LogP contribution in [0.25, 0.3) is 0 Å². The van der Waals surface area contributed by atoms with Gasteiger partial charge < -0.3 is 9.64 Å². The smallest absolute Gasteiger partial charge is 0.225 e. The molecule has 0 aliphatic carbocycles. The number of rotatable bonds is 4. The molecule has 0 radical (unpaired) electrons. The van der Waals surface area contributed by atoms with E-state index >= 15 is 0 Å². The second kappa shape index (κ2) is 7.75. The molecule has 0 saturated carbocycles. The van der Waals surface area contributed by atoms with Crippen molar-refractivity contribution >= 4 is 5.91 Å². The van der Waals surface area contributed by atoms with E-state index in [1.807, 2.05) is 11.0 Å². The number of carbonyl (C=O) groups is 1. The predicted octanol–water partition coefficient (Wildman–Crippen LogP) is 2.29. The number of nitrogens with zero attached hydrogens (tertiary/aromatic N) is 2. The molecule has 22 heavy (non-hydrogen) atoms. The van der Waals surface area contributed by atoms with Gasteiger partial charge in [0.15, 0.2) is 0 Å². The molecule has 1 aromatic rings. The summed E-state index contributed by atoms with van der Waals surface area (Å²) in [5, 5.41) is 0. The first-order valence-electron chi connectivity index (χ1n) is 8.47. The lowest BCUT2D eigenvalue weighted by molar-refractivity contribution is -0.136. The number of ether oxygens (including phenoxy) is 1. The van der Waals surface area contributed by atoms with Crippen molar-refractivity contribution < 1.29 is 9.53 Å². The number of hydrogen-bond donors (Lipinski definition) is 0. The Kier molecular flexibility index (Phi) is 5.46. The molecule has 2 fully saturated rings. The van der Waals surface area contributed by atoms with Crippen LogP contribution in [0.15, 0.2) is 30.3 Å². The van der Waals surface area contributed by atoms with E-state index in [4.69, 9.17) is 4.74 Å². The van der Waals surface area contributed by atoms with Gasteiger partial charge in [0.1, 0.15) is 0 Å². The van der Waals surface area contributed by atoms with Crippen LogP contribution in [0, 0.1) is 0 Å². The summed E-state index contributed by atoms with van der Waals surface area (Å²) in [5.74, 6) is 0.270. The van der Waals surface area contributed by atoms with E-state index in [-0.39, 0.29) is 12.0 Å². The highest BCUT2D eigenvalue weighted by molar-refractivity contribution is 5.76. The minimum absolute atomic E-state index is 0.156. The zero-order chi connectivity index (χ0) is 15.2. The summed E-state index contributed by atoms with van der Waals surface area (Å²) in [7, 11) is 0. The summed E-state index contributed by atoms with van der Waals surface area (Å²) in [5.41, 5.74) is 1.35. The lowest BCUT2D eigenvalue weighted by atomic mass is 10.1. The lowest BCUT2D eigenvalue weighted by Crippen LogP contribution is -2.49. The molecule has 3 rings (SSSR count). The third kappa shape index (κ3) is 4.31. The second-order valence-corrected chi connectivity index (χ2v) is 6.34. The van der Waals surface area contributed by atoms with E-state index in [9.17, 15) is 4.79 Å². The molecule has 120 valence electrons. The molecular weight excluding hydrogens is 276 g/mol. The summed E-state index contributed by atoms with van der Waals surface area (Å²) in [4.78, 5) is 16.8. The Morgan fingerprint density at radius 1 is 1.09 bits per heavy atom. The first-order chi connectivity index (χ1) is 10.8. The summed E-state index contributed by atoms with van der Waals surface area (Å²) in [6.07, 6.45) is 4.10. The highest BCUT2D eigenvalue weighted by Crippen LogP contribution is 2.17. The molecule has 4 heteroatoms. The van der Waals surface area contributed by atoms with Crippen molar-refractivity contribution in [3.63, 3.8) is 0 Å². The van der Waals surface area contributed by atoms with Crippen LogP contribution in [0.1, 0.15) is 31.2 Å². The fraction of sp³-hybridized carbons (Fsp3) is 0.611. The molecule has 1 unspecified atom stereocenters. The standard InChI is InChI=1S/C18H26N2O2/c21-18(14-17-8-4-5-13-22-17)20-11-9-19(10-12-20)15-16-6-2-1-3-7-16/h1-3,6-7,17H,4-5,8-15H2. The summed E-state index contributed by atoms with van der Waals surface area (Å²) < 4.78 is 5.68. The van der Waals surface area contributed by atoms with Gasteiger partial charge in [-0.25, -0.2) is 0 Å². The van der Waals surface area contributed by atoms with Crippen LogP contribution in [-0.4, -0.2) is 54.6 Å². The highest BCUT2D eigenvalue weighted by Gasteiger charge is 2.24. The van der Waals surface area contributed by atoms with Crippen LogP contribution in [0.3, 0.4) is 0 Å². The normalized spacial score (nSPS) is 23.5. The van der Waals surface area contributed by atoms with Crippen LogP contribution in [0.2, 0.25) is 0 Å². The molecule has 1 amide bonds. The van der Waals surface area contributed by atoms with Gasteiger partial charge in [-0.1, -0.05) is 30.3 Å². The van der Waals surface area contributed by atoms with E-state index in [0.717, 1.165) is 52.2 Å². The molecule has 1 aromatic carbocycles. The molecular formula is C18H26N2O2. The summed E-state index contributed by atoms with van der Waals surface area (Å²) in [6.45, 7) is 5.42. The third-order valence-corrected chi connectivity index (χ3v) is 4.65. The quantitative estimate of drug-likeness (QED) is 0.855. The van der Waals surface area contributed by atoms with E-state index in [1.54, 1.807) is 0 Å². The van der Waals surface area contributed by atoms with Crippen molar-refractivity contribution in [3.05, 3.63) is 35.9 Å². The number of carbonyl (C=O) groups excluding carboxylic acids is 1. The van der Waals surface area contributed by atoms with Gasteiger partial charge in [-0.05, 0) is 24.8 Å². The number of hydrogen-bond acceptors (Lipinski definition) is 3. The molecule has 2 aliphatic heterocycles. The minimum Gasteiger partial charge on any atom is -0.378 e. The SMILES string of the molecule is O=C(CC1CCCCO1)N1CCN(Cc2ccccc2)CC1. The molecule has 2 aliphatic rings. The average Bonchev–Trinajstić information content (AvgIpc) is 2.57. The van der Waals surface area contributed by atoms with Gasteiger partial charge in [-0.3, -0.25) is 9.69 Å². The van der Waals surface area contributed by atoms with E-state index in [1.165, 1.54) is 12.0 Å². The Labute approximate surface area is 133 Å².